The van der Waals surface area contributed by atoms with Crippen LogP contribution in [0.4, 0.5) is 0 Å². The Morgan fingerprint density at radius 3 is 2.24 bits per heavy atom. The predicted molar refractivity (Wildman–Crippen MR) is 98.5 cm³/mol. The van der Waals surface area contributed by atoms with E-state index in [1.165, 1.54) is 0 Å². The van der Waals surface area contributed by atoms with Gasteiger partial charge in [0.2, 0.25) is 0 Å². The maximum atomic E-state index is 12.8. The summed E-state index contributed by atoms with van der Waals surface area (Å²) in [6.07, 6.45) is 2.41. The number of benzene rings is 2. The van der Waals surface area contributed by atoms with Crippen LogP contribution in [0.3, 0.4) is 0 Å². The molecule has 2 rings (SSSR count). The Bertz CT molecular complexity index is 732. The minimum atomic E-state index is -1.25. The molecule has 0 aliphatic heterocycles. The molecule has 134 valence electrons. The highest BCUT2D eigenvalue weighted by Crippen LogP contribution is 2.31. The quantitative estimate of drug-likeness (QED) is 0.296. The second-order valence-corrected chi connectivity index (χ2v) is 6.18. The molecule has 0 amide bonds. The largest absolute Gasteiger partial charge is 0.465 e. The Hall–Kier alpha value is -2.36. The van der Waals surface area contributed by atoms with E-state index in [1.807, 2.05) is 57.2 Å². The summed E-state index contributed by atoms with van der Waals surface area (Å²) in [7, 11) is 0. The summed E-state index contributed by atoms with van der Waals surface area (Å²) in [5, 5.41) is 2.05. The number of carbonyl (C=O) groups excluding carboxylic acids is 2. The first-order valence-corrected chi connectivity index (χ1v) is 8.95. The Labute approximate surface area is 149 Å². The molecule has 0 heterocycles. The standard InChI is InChI=1S/C21H26O4/c1-4-7-14-24-19(22)21(5-2,6-3)20(23)25-18-13-12-16-10-8-9-11-17(16)15-18/h8-13,15H,4-7,14H2,1-3H3. The molecule has 4 heteroatoms. The van der Waals surface area contributed by atoms with Crippen LogP contribution in [0.15, 0.2) is 42.5 Å². The fourth-order valence-electron chi connectivity index (χ4n) is 2.79. The maximum Gasteiger partial charge on any atom is 0.328 e. The van der Waals surface area contributed by atoms with Crippen LogP contribution in [0.1, 0.15) is 46.5 Å². The van der Waals surface area contributed by atoms with E-state index in [2.05, 4.69) is 0 Å². The summed E-state index contributed by atoms with van der Waals surface area (Å²) >= 11 is 0. The number of carbonyl (C=O) groups is 2. The molecule has 2 aromatic rings. The van der Waals surface area contributed by atoms with Crippen LogP contribution < -0.4 is 4.74 Å². The zero-order valence-corrected chi connectivity index (χ0v) is 15.2. The lowest BCUT2D eigenvalue weighted by molar-refractivity contribution is -0.168. The molecule has 0 aliphatic carbocycles. The van der Waals surface area contributed by atoms with Gasteiger partial charge in [0, 0.05) is 0 Å². The third-order valence-electron chi connectivity index (χ3n) is 4.65. The summed E-state index contributed by atoms with van der Waals surface area (Å²) in [5.74, 6) is -0.595. The van der Waals surface area contributed by atoms with Gasteiger partial charge in [-0.2, -0.15) is 0 Å². The maximum absolute atomic E-state index is 12.8. The van der Waals surface area contributed by atoms with E-state index < -0.39 is 17.4 Å². The van der Waals surface area contributed by atoms with Gasteiger partial charge in [-0.15, -0.1) is 0 Å². The fraction of sp³-hybridized carbons (Fsp3) is 0.429. The number of hydrogen-bond donors (Lipinski definition) is 0. The Morgan fingerprint density at radius 1 is 0.920 bits per heavy atom. The van der Waals surface area contributed by atoms with Crippen molar-refractivity contribution in [2.24, 2.45) is 5.41 Å². The highest BCUT2D eigenvalue weighted by molar-refractivity contribution is 6.01. The number of ether oxygens (including phenoxy) is 2. The lowest BCUT2D eigenvalue weighted by Gasteiger charge is -2.26. The van der Waals surface area contributed by atoms with Gasteiger partial charge in [-0.3, -0.25) is 9.59 Å². The molecule has 0 atom stereocenters. The van der Waals surface area contributed by atoms with Crippen molar-refractivity contribution in [2.75, 3.05) is 6.61 Å². The summed E-state index contributed by atoms with van der Waals surface area (Å²) in [6, 6.07) is 13.3. The van der Waals surface area contributed by atoms with Gasteiger partial charge in [0.1, 0.15) is 5.75 Å². The fourth-order valence-corrected chi connectivity index (χ4v) is 2.79. The van der Waals surface area contributed by atoms with E-state index in [0.717, 1.165) is 23.6 Å². The molecule has 0 spiro atoms. The van der Waals surface area contributed by atoms with Crippen molar-refractivity contribution in [1.29, 1.82) is 0 Å². The van der Waals surface area contributed by atoms with Gasteiger partial charge in [-0.1, -0.05) is 57.5 Å². The van der Waals surface area contributed by atoms with Crippen LogP contribution in [0, 0.1) is 5.41 Å². The zero-order valence-electron chi connectivity index (χ0n) is 15.2. The van der Waals surface area contributed by atoms with Crippen LogP contribution in [0.2, 0.25) is 0 Å². The van der Waals surface area contributed by atoms with Gasteiger partial charge in [0.15, 0.2) is 5.41 Å². The van der Waals surface area contributed by atoms with Crippen LogP contribution in [0.5, 0.6) is 5.75 Å². The van der Waals surface area contributed by atoms with Crippen molar-refractivity contribution in [3.8, 4) is 5.75 Å². The molecule has 0 fully saturated rings. The molecule has 25 heavy (non-hydrogen) atoms. The van der Waals surface area contributed by atoms with Gasteiger partial charge < -0.3 is 9.47 Å². The smallest absolute Gasteiger partial charge is 0.328 e. The lowest BCUT2D eigenvalue weighted by Crippen LogP contribution is -2.42. The van der Waals surface area contributed by atoms with Crippen molar-refractivity contribution in [1.82, 2.24) is 0 Å². The molecule has 0 N–H and O–H groups in total. The number of fused-ring (bicyclic) bond motifs is 1. The summed E-state index contributed by atoms with van der Waals surface area (Å²) in [5.41, 5.74) is -1.25. The highest BCUT2D eigenvalue weighted by atomic mass is 16.6. The van der Waals surface area contributed by atoms with Crippen LogP contribution in [0.25, 0.3) is 10.8 Å². The summed E-state index contributed by atoms with van der Waals surface area (Å²) in [6.45, 7) is 5.98. The lowest BCUT2D eigenvalue weighted by atomic mass is 9.82. The number of esters is 2. The van der Waals surface area contributed by atoms with Gasteiger partial charge in [0.25, 0.3) is 0 Å². The van der Waals surface area contributed by atoms with Gasteiger partial charge >= 0.3 is 11.9 Å². The summed E-state index contributed by atoms with van der Waals surface area (Å²) in [4.78, 5) is 25.3. The zero-order chi connectivity index (χ0) is 18.3. The van der Waals surface area contributed by atoms with Gasteiger partial charge in [-0.05, 0) is 42.2 Å². The van der Waals surface area contributed by atoms with Crippen molar-refractivity contribution in [3.63, 3.8) is 0 Å². The number of unbranched alkanes of at least 4 members (excludes halogenated alkanes) is 1. The average Bonchev–Trinajstić information content (AvgIpc) is 2.63. The third kappa shape index (κ3) is 4.19. The monoisotopic (exact) mass is 342 g/mol. The molecule has 4 nitrogen and oxygen atoms in total. The van der Waals surface area contributed by atoms with E-state index in [9.17, 15) is 9.59 Å². The minimum absolute atomic E-state index is 0.334. The highest BCUT2D eigenvalue weighted by Gasteiger charge is 2.46. The Balaban J connectivity index is 2.19. The molecule has 0 radical (unpaired) electrons. The topological polar surface area (TPSA) is 52.6 Å². The van der Waals surface area contributed by atoms with Crippen molar-refractivity contribution >= 4 is 22.7 Å². The molecule has 0 aliphatic rings. The SMILES string of the molecule is CCCCOC(=O)C(CC)(CC)C(=O)Oc1ccc2ccccc2c1. The second-order valence-electron chi connectivity index (χ2n) is 6.18. The van der Waals surface area contributed by atoms with Crippen molar-refractivity contribution in [2.45, 2.75) is 46.5 Å². The predicted octanol–water partition coefficient (Wildman–Crippen LogP) is 4.89. The first kappa shape index (κ1) is 19.0. The number of hydrogen-bond acceptors (Lipinski definition) is 4. The van der Waals surface area contributed by atoms with E-state index in [0.29, 0.717) is 25.2 Å². The molecule has 2 aromatic carbocycles. The average molecular weight is 342 g/mol. The van der Waals surface area contributed by atoms with Crippen LogP contribution in [-0.4, -0.2) is 18.5 Å². The van der Waals surface area contributed by atoms with Crippen LogP contribution >= 0.6 is 0 Å². The van der Waals surface area contributed by atoms with Gasteiger partial charge in [-0.25, -0.2) is 0 Å². The van der Waals surface area contributed by atoms with Crippen molar-refractivity contribution < 1.29 is 19.1 Å². The second kappa shape index (κ2) is 8.65. The third-order valence-corrected chi connectivity index (χ3v) is 4.65. The van der Waals surface area contributed by atoms with E-state index in [4.69, 9.17) is 9.47 Å². The van der Waals surface area contributed by atoms with Gasteiger partial charge in [0.05, 0.1) is 6.61 Å². The molecule has 0 saturated heterocycles. The molecular weight excluding hydrogens is 316 g/mol. The minimum Gasteiger partial charge on any atom is -0.465 e. The van der Waals surface area contributed by atoms with Crippen molar-refractivity contribution in [3.05, 3.63) is 42.5 Å². The molecular formula is C21H26O4. The van der Waals surface area contributed by atoms with E-state index >= 15 is 0 Å². The van der Waals surface area contributed by atoms with E-state index in [1.54, 1.807) is 6.07 Å². The van der Waals surface area contributed by atoms with Crippen LogP contribution in [-0.2, 0) is 14.3 Å². The normalized spacial score (nSPS) is 11.3. The van der Waals surface area contributed by atoms with E-state index in [-0.39, 0.29) is 0 Å². The molecule has 0 saturated carbocycles. The first-order chi connectivity index (χ1) is 12.1. The molecule has 0 aromatic heterocycles. The molecule has 0 unspecified atom stereocenters. The molecule has 0 bridgehead atoms. The Kier molecular flexibility index (Phi) is 6.57. The Morgan fingerprint density at radius 2 is 1.60 bits per heavy atom. The summed E-state index contributed by atoms with van der Waals surface area (Å²) < 4.78 is 10.9. The first-order valence-electron chi connectivity index (χ1n) is 8.95. The number of rotatable bonds is 8.